The van der Waals surface area contributed by atoms with E-state index in [2.05, 4.69) is 64.1 Å². The molecular formula is C26H28F2O4S2. The molecule has 8 heteroatoms. The highest BCUT2D eigenvalue weighted by Crippen LogP contribution is 2.37. The highest BCUT2D eigenvalue weighted by Gasteiger charge is 2.39. The van der Waals surface area contributed by atoms with Crippen molar-refractivity contribution >= 4 is 21.0 Å². The van der Waals surface area contributed by atoms with Gasteiger partial charge in [-0.1, -0.05) is 12.1 Å². The largest absolute Gasteiger partial charge is 0.743 e. The molecule has 0 bridgehead atoms. The van der Waals surface area contributed by atoms with Gasteiger partial charge in [-0.3, -0.25) is 0 Å². The summed E-state index contributed by atoms with van der Waals surface area (Å²) in [5.74, 6) is 0.150. The molecule has 0 spiro atoms. The van der Waals surface area contributed by atoms with Crippen LogP contribution in [0.2, 0.25) is 0 Å². The van der Waals surface area contributed by atoms with Gasteiger partial charge in [0.2, 0.25) is 0 Å². The van der Waals surface area contributed by atoms with Crippen LogP contribution in [0.1, 0.15) is 33.4 Å². The van der Waals surface area contributed by atoms with Crippen LogP contribution in [0.4, 0.5) is 8.78 Å². The van der Waals surface area contributed by atoms with Crippen LogP contribution in [-0.2, 0) is 21.0 Å². The lowest BCUT2D eigenvalue weighted by atomic mass is 10.1. The minimum atomic E-state index is -5.82. The molecule has 0 saturated heterocycles. The third-order valence-corrected chi connectivity index (χ3v) is 8.25. The monoisotopic (exact) mass is 506 g/mol. The highest BCUT2D eigenvalue weighted by atomic mass is 32.2. The summed E-state index contributed by atoms with van der Waals surface area (Å²) in [5.41, 5.74) is 5.75. The average Bonchev–Trinajstić information content (AvgIpc) is 2.65. The Labute approximate surface area is 203 Å². The molecule has 4 nitrogen and oxygen atoms in total. The SMILES string of the molecule is Cc1cc(C)cc([S+](c2cc(C)cc(C)c2)c2cc(C)c(OCC(F)(F)S(=O)(=O)[O-])c(C)c2)c1. The van der Waals surface area contributed by atoms with E-state index < -0.39 is 32.9 Å². The lowest BCUT2D eigenvalue weighted by Crippen LogP contribution is -2.35. The maximum absolute atomic E-state index is 13.7. The first-order valence-electron chi connectivity index (χ1n) is 10.7. The molecule has 0 atom stereocenters. The normalized spacial score (nSPS) is 12.3. The molecule has 0 saturated carbocycles. The van der Waals surface area contributed by atoms with Crippen LogP contribution in [0.3, 0.4) is 0 Å². The predicted molar refractivity (Wildman–Crippen MR) is 130 cm³/mol. The van der Waals surface area contributed by atoms with Crippen LogP contribution in [0.25, 0.3) is 0 Å². The Balaban J connectivity index is 2.12. The Morgan fingerprint density at radius 1 is 0.735 bits per heavy atom. The van der Waals surface area contributed by atoms with E-state index in [9.17, 15) is 21.8 Å². The topological polar surface area (TPSA) is 66.4 Å². The van der Waals surface area contributed by atoms with Crippen molar-refractivity contribution in [1.29, 1.82) is 0 Å². The zero-order chi connectivity index (χ0) is 25.4. The molecule has 0 radical (unpaired) electrons. The molecule has 3 rings (SSSR count). The summed E-state index contributed by atoms with van der Waals surface area (Å²) < 4.78 is 64.9. The molecule has 0 aliphatic rings. The quantitative estimate of drug-likeness (QED) is 0.285. The van der Waals surface area contributed by atoms with Crippen LogP contribution in [-0.4, -0.2) is 24.8 Å². The highest BCUT2D eigenvalue weighted by molar-refractivity contribution is 7.97. The van der Waals surface area contributed by atoms with Gasteiger partial charge >= 0.3 is 5.25 Å². The predicted octanol–water partition coefficient (Wildman–Crippen LogP) is 6.15. The fourth-order valence-electron chi connectivity index (χ4n) is 3.99. The van der Waals surface area contributed by atoms with E-state index in [1.165, 1.54) is 0 Å². The zero-order valence-electron chi connectivity index (χ0n) is 20.0. The summed E-state index contributed by atoms with van der Waals surface area (Å²) in [6.07, 6.45) is 0. The second-order valence-corrected chi connectivity index (χ2v) is 12.3. The summed E-state index contributed by atoms with van der Waals surface area (Å²) in [7, 11) is -6.28. The minimum absolute atomic E-state index is 0.150. The Morgan fingerprint density at radius 2 is 1.09 bits per heavy atom. The van der Waals surface area contributed by atoms with E-state index in [4.69, 9.17) is 4.74 Å². The standard InChI is InChI=1S/C26H28F2O4S2/c1-16-7-17(2)10-22(9-16)33(23-11-18(3)8-19(4)12-23)24-13-20(5)25(21(6)14-24)32-15-26(27,28)34(29,30)31/h7-14H,15H2,1-6H3. The molecule has 3 aromatic carbocycles. The fourth-order valence-corrected chi connectivity index (χ4v) is 6.82. The van der Waals surface area contributed by atoms with E-state index in [0.717, 1.165) is 36.9 Å². The van der Waals surface area contributed by atoms with Gasteiger partial charge in [0, 0.05) is 12.1 Å². The van der Waals surface area contributed by atoms with Crippen LogP contribution < -0.4 is 4.74 Å². The average molecular weight is 507 g/mol. The van der Waals surface area contributed by atoms with E-state index in [-0.39, 0.29) is 5.75 Å². The lowest BCUT2D eigenvalue weighted by Gasteiger charge is -2.21. The van der Waals surface area contributed by atoms with Gasteiger partial charge in [0.15, 0.2) is 31.4 Å². The second kappa shape index (κ2) is 9.68. The first-order chi connectivity index (χ1) is 15.7. The van der Waals surface area contributed by atoms with E-state index in [1.54, 1.807) is 13.8 Å². The number of rotatable bonds is 7. The first-order valence-corrected chi connectivity index (χ1v) is 13.3. The van der Waals surface area contributed by atoms with Crippen molar-refractivity contribution in [1.82, 2.24) is 0 Å². The van der Waals surface area contributed by atoms with Gasteiger partial charge in [-0.25, -0.2) is 8.42 Å². The van der Waals surface area contributed by atoms with Gasteiger partial charge < -0.3 is 9.29 Å². The molecule has 0 heterocycles. The van der Waals surface area contributed by atoms with Crippen LogP contribution in [0, 0.1) is 41.5 Å². The molecule has 0 unspecified atom stereocenters. The third-order valence-electron chi connectivity index (χ3n) is 5.28. The van der Waals surface area contributed by atoms with Crippen LogP contribution in [0.15, 0.2) is 63.2 Å². The van der Waals surface area contributed by atoms with E-state index in [0.29, 0.717) is 11.1 Å². The Morgan fingerprint density at radius 3 is 1.44 bits per heavy atom. The second-order valence-electron chi connectivity index (χ2n) is 8.72. The Kier molecular flexibility index (Phi) is 7.45. The van der Waals surface area contributed by atoms with Gasteiger partial charge in [0.25, 0.3) is 0 Å². The number of halogens is 2. The van der Waals surface area contributed by atoms with Gasteiger partial charge in [-0.15, -0.1) is 0 Å². The number of ether oxygens (including phenoxy) is 1. The van der Waals surface area contributed by atoms with Crippen molar-refractivity contribution in [2.45, 2.75) is 61.5 Å². The number of benzene rings is 3. The van der Waals surface area contributed by atoms with Crippen molar-refractivity contribution in [3.63, 3.8) is 0 Å². The summed E-state index contributed by atoms with van der Waals surface area (Å²) in [5, 5.41) is -4.51. The molecule has 0 aliphatic carbocycles. The summed E-state index contributed by atoms with van der Waals surface area (Å²) in [6, 6.07) is 16.6. The molecule has 0 N–H and O–H groups in total. The smallest absolute Gasteiger partial charge is 0.367 e. The van der Waals surface area contributed by atoms with Crippen molar-refractivity contribution < 1.29 is 26.5 Å². The maximum Gasteiger partial charge on any atom is 0.367 e. The third kappa shape index (κ3) is 5.79. The minimum Gasteiger partial charge on any atom is -0.743 e. The molecule has 182 valence electrons. The molecule has 3 aromatic rings. The summed E-state index contributed by atoms with van der Waals surface area (Å²) in [4.78, 5) is 3.26. The van der Waals surface area contributed by atoms with Crippen molar-refractivity contribution in [3.05, 3.63) is 81.9 Å². The molecular weight excluding hydrogens is 478 g/mol. The Bertz CT molecular complexity index is 1220. The first kappa shape index (κ1) is 26.2. The van der Waals surface area contributed by atoms with Gasteiger partial charge in [-0.05, 0) is 99.2 Å². The summed E-state index contributed by atoms with van der Waals surface area (Å²) in [6.45, 7) is 10.1. The van der Waals surface area contributed by atoms with Gasteiger partial charge in [-0.2, -0.15) is 8.78 Å². The van der Waals surface area contributed by atoms with Gasteiger partial charge in [0.05, 0.1) is 10.9 Å². The van der Waals surface area contributed by atoms with Crippen molar-refractivity contribution in [2.75, 3.05) is 6.61 Å². The van der Waals surface area contributed by atoms with Gasteiger partial charge in [0.1, 0.15) is 5.75 Å². The van der Waals surface area contributed by atoms with Crippen molar-refractivity contribution in [3.8, 4) is 5.75 Å². The fraction of sp³-hybridized carbons (Fsp3) is 0.308. The van der Waals surface area contributed by atoms with E-state index in [1.807, 2.05) is 12.1 Å². The lowest BCUT2D eigenvalue weighted by molar-refractivity contribution is 0.0274. The van der Waals surface area contributed by atoms with Crippen LogP contribution in [0.5, 0.6) is 5.75 Å². The number of alkyl halides is 2. The number of aryl methyl sites for hydroxylation is 6. The molecule has 0 fully saturated rings. The zero-order valence-corrected chi connectivity index (χ0v) is 21.7. The molecule has 34 heavy (non-hydrogen) atoms. The molecule has 0 aliphatic heterocycles. The van der Waals surface area contributed by atoms with E-state index >= 15 is 0 Å². The number of hydrogen-bond donors (Lipinski definition) is 0. The van der Waals surface area contributed by atoms with Crippen molar-refractivity contribution in [2.24, 2.45) is 0 Å². The number of hydrogen-bond acceptors (Lipinski definition) is 4. The molecule has 0 aromatic heterocycles. The maximum atomic E-state index is 13.7. The summed E-state index contributed by atoms with van der Waals surface area (Å²) >= 11 is 0. The molecule has 0 amide bonds. The Hall–Kier alpha value is -2.42. The van der Waals surface area contributed by atoms with Crippen LogP contribution >= 0.6 is 0 Å².